The maximum Gasteiger partial charge on any atom is 0.258 e. The Bertz CT molecular complexity index is 874. The van der Waals surface area contributed by atoms with Gasteiger partial charge in [0.2, 0.25) is 10.0 Å². The molecule has 3 N–H and O–H groups in total. The summed E-state index contributed by atoms with van der Waals surface area (Å²) in [6.07, 6.45) is 1.64. The molecule has 0 aliphatic carbocycles. The highest BCUT2D eigenvalue weighted by Crippen LogP contribution is 2.16. The van der Waals surface area contributed by atoms with Crippen molar-refractivity contribution in [2.24, 2.45) is 10.1 Å². The molecule has 0 unspecified atom stereocenters. The highest BCUT2D eigenvalue weighted by Gasteiger charge is 2.06. The molecule has 0 bridgehead atoms. The first-order valence-corrected chi connectivity index (χ1v) is 9.48. The summed E-state index contributed by atoms with van der Waals surface area (Å²) < 4.78 is 27.8. The van der Waals surface area contributed by atoms with Crippen LogP contribution in [0.25, 0.3) is 0 Å². The Morgan fingerprint density at radius 2 is 1.77 bits per heavy atom. The topological polar surface area (TPSA) is 111 Å². The van der Waals surface area contributed by atoms with Crippen LogP contribution in [0.2, 0.25) is 0 Å². The van der Waals surface area contributed by atoms with E-state index in [4.69, 9.17) is 9.88 Å². The zero-order valence-corrected chi connectivity index (χ0v) is 15.4. The number of ether oxygens (including phenoxy) is 1. The van der Waals surface area contributed by atoms with Crippen molar-refractivity contribution in [3.63, 3.8) is 0 Å². The van der Waals surface area contributed by atoms with Gasteiger partial charge in [0, 0.05) is 12.3 Å². The monoisotopic (exact) mass is 375 g/mol. The molecule has 0 saturated heterocycles. The van der Waals surface area contributed by atoms with Crippen LogP contribution in [-0.2, 0) is 14.8 Å². The number of nitrogens with one attached hydrogen (secondary N) is 1. The molecular weight excluding hydrogens is 354 g/mol. The van der Waals surface area contributed by atoms with E-state index >= 15 is 0 Å². The zero-order valence-electron chi connectivity index (χ0n) is 14.5. The van der Waals surface area contributed by atoms with Crippen molar-refractivity contribution in [2.75, 3.05) is 6.61 Å². The van der Waals surface area contributed by atoms with Crippen molar-refractivity contribution in [1.82, 2.24) is 5.32 Å². The summed E-state index contributed by atoms with van der Waals surface area (Å²) in [5, 5.41) is 7.80. The van der Waals surface area contributed by atoms with E-state index in [-0.39, 0.29) is 23.5 Å². The Balaban J connectivity index is 1.94. The number of primary sulfonamides is 1. The van der Waals surface area contributed by atoms with Crippen LogP contribution in [0.5, 0.6) is 5.75 Å². The fraction of sp³-hybridized carbons (Fsp3) is 0.222. The second kappa shape index (κ2) is 8.59. The van der Waals surface area contributed by atoms with Gasteiger partial charge in [-0.25, -0.2) is 13.6 Å². The molecule has 0 atom stereocenters. The molecule has 0 saturated carbocycles. The number of carbonyl (C=O) groups is 1. The van der Waals surface area contributed by atoms with E-state index < -0.39 is 10.0 Å². The van der Waals surface area contributed by atoms with E-state index in [0.29, 0.717) is 11.4 Å². The number of benzene rings is 2. The lowest BCUT2D eigenvalue weighted by Crippen LogP contribution is -2.34. The minimum Gasteiger partial charge on any atom is -0.484 e. The SMILES string of the molecule is CC(C)NC(=O)COc1ccc(C=Nc2ccc(S(N)(=O)=O)cc2)cc1. The predicted octanol–water partition coefficient (Wildman–Crippen LogP) is 1.99. The van der Waals surface area contributed by atoms with Crippen molar-refractivity contribution in [3.8, 4) is 5.75 Å². The number of rotatable bonds is 7. The molecule has 138 valence electrons. The number of hydrogen-bond donors (Lipinski definition) is 2. The van der Waals surface area contributed by atoms with Crippen LogP contribution >= 0.6 is 0 Å². The van der Waals surface area contributed by atoms with Gasteiger partial charge in [-0.1, -0.05) is 0 Å². The van der Waals surface area contributed by atoms with Crippen LogP contribution in [0, 0.1) is 0 Å². The number of amides is 1. The van der Waals surface area contributed by atoms with Gasteiger partial charge in [0.25, 0.3) is 5.91 Å². The quantitative estimate of drug-likeness (QED) is 0.721. The van der Waals surface area contributed by atoms with Gasteiger partial charge in [-0.15, -0.1) is 0 Å². The summed E-state index contributed by atoms with van der Waals surface area (Å²) in [7, 11) is -3.70. The molecule has 0 aliphatic rings. The molecular formula is C18H21N3O4S. The summed E-state index contributed by atoms with van der Waals surface area (Å²) in [6, 6.07) is 13.1. The van der Waals surface area contributed by atoms with E-state index in [1.807, 2.05) is 13.8 Å². The standard InChI is InChI=1S/C18H21N3O4S/c1-13(2)21-18(22)12-25-16-7-3-14(4-8-16)11-20-15-5-9-17(10-6-15)26(19,23)24/h3-11,13H,12H2,1-2H3,(H,21,22)(H2,19,23,24). The van der Waals surface area contributed by atoms with E-state index in [1.165, 1.54) is 12.1 Å². The summed E-state index contributed by atoms with van der Waals surface area (Å²) in [5.74, 6) is 0.409. The highest BCUT2D eigenvalue weighted by atomic mass is 32.2. The van der Waals surface area contributed by atoms with E-state index in [1.54, 1.807) is 42.6 Å². The number of aliphatic imine (C=N–C) groups is 1. The van der Waals surface area contributed by atoms with Crippen molar-refractivity contribution in [1.29, 1.82) is 0 Å². The van der Waals surface area contributed by atoms with Crippen molar-refractivity contribution in [3.05, 3.63) is 54.1 Å². The normalized spacial score (nSPS) is 11.7. The Morgan fingerprint density at radius 3 is 2.31 bits per heavy atom. The van der Waals surface area contributed by atoms with Crippen LogP contribution in [0.15, 0.2) is 58.4 Å². The maximum absolute atomic E-state index is 11.5. The summed E-state index contributed by atoms with van der Waals surface area (Å²) in [4.78, 5) is 15.8. The molecule has 2 aromatic rings. The van der Waals surface area contributed by atoms with Crippen LogP contribution in [-0.4, -0.2) is 33.2 Å². The Hall–Kier alpha value is -2.71. The maximum atomic E-state index is 11.5. The molecule has 0 spiro atoms. The first kappa shape index (κ1) is 19.6. The van der Waals surface area contributed by atoms with Crippen LogP contribution in [0.4, 0.5) is 5.69 Å². The number of hydrogen-bond acceptors (Lipinski definition) is 5. The molecule has 0 heterocycles. The molecule has 0 aliphatic heterocycles. The van der Waals surface area contributed by atoms with E-state index in [9.17, 15) is 13.2 Å². The van der Waals surface area contributed by atoms with Gasteiger partial charge in [-0.05, 0) is 67.9 Å². The molecule has 7 nitrogen and oxygen atoms in total. The molecule has 0 radical (unpaired) electrons. The largest absolute Gasteiger partial charge is 0.484 e. The molecule has 1 amide bonds. The van der Waals surface area contributed by atoms with Crippen LogP contribution in [0.1, 0.15) is 19.4 Å². The fourth-order valence-electron chi connectivity index (χ4n) is 2.03. The third kappa shape index (κ3) is 6.30. The number of nitrogens with two attached hydrogens (primary N) is 1. The van der Waals surface area contributed by atoms with Crippen molar-refractivity contribution in [2.45, 2.75) is 24.8 Å². The van der Waals surface area contributed by atoms with Gasteiger partial charge in [0.05, 0.1) is 10.6 Å². The summed E-state index contributed by atoms with van der Waals surface area (Å²) in [5.41, 5.74) is 1.43. The number of carbonyl (C=O) groups excluding carboxylic acids is 1. The summed E-state index contributed by atoms with van der Waals surface area (Å²) in [6.45, 7) is 3.73. The van der Waals surface area contributed by atoms with Gasteiger partial charge in [-0.3, -0.25) is 9.79 Å². The predicted molar refractivity (Wildman–Crippen MR) is 100 cm³/mol. The molecule has 2 rings (SSSR count). The molecule has 2 aromatic carbocycles. The zero-order chi connectivity index (χ0) is 19.2. The Morgan fingerprint density at radius 1 is 1.15 bits per heavy atom. The lowest BCUT2D eigenvalue weighted by molar-refractivity contribution is -0.123. The van der Waals surface area contributed by atoms with Gasteiger partial charge in [0.15, 0.2) is 6.61 Å². The fourth-order valence-corrected chi connectivity index (χ4v) is 2.55. The number of nitrogens with zero attached hydrogens (tertiary/aromatic N) is 1. The molecule has 0 aromatic heterocycles. The number of sulfonamides is 1. The molecule has 8 heteroatoms. The first-order chi connectivity index (χ1) is 12.2. The van der Waals surface area contributed by atoms with Gasteiger partial charge >= 0.3 is 0 Å². The first-order valence-electron chi connectivity index (χ1n) is 7.93. The average molecular weight is 375 g/mol. The van der Waals surface area contributed by atoms with Crippen molar-refractivity contribution >= 4 is 27.8 Å². The van der Waals surface area contributed by atoms with Gasteiger partial charge in [0.1, 0.15) is 5.75 Å². The second-order valence-electron chi connectivity index (χ2n) is 5.88. The highest BCUT2D eigenvalue weighted by molar-refractivity contribution is 7.89. The lowest BCUT2D eigenvalue weighted by atomic mass is 10.2. The third-order valence-corrected chi connectivity index (χ3v) is 4.16. The van der Waals surface area contributed by atoms with E-state index in [2.05, 4.69) is 10.3 Å². The average Bonchev–Trinajstić information content (AvgIpc) is 2.58. The summed E-state index contributed by atoms with van der Waals surface area (Å²) >= 11 is 0. The minimum absolute atomic E-state index is 0.0397. The van der Waals surface area contributed by atoms with Crippen LogP contribution in [0.3, 0.4) is 0 Å². The smallest absolute Gasteiger partial charge is 0.258 e. The van der Waals surface area contributed by atoms with E-state index in [0.717, 1.165) is 5.56 Å². The van der Waals surface area contributed by atoms with Crippen molar-refractivity contribution < 1.29 is 17.9 Å². The second-order valence-corrected chi connectivity index (χ2v) is 7.44. The Labute approximate surface area is 152 Å². The molecule has 0 fully saturated rings. The van der Waals surface area contributed by atoms with Gasteiger partial charge < -0.3 is 10.1 Å². The van der Waals surface area contributed by atoms with Gasteiger partial charge in [-0.2, -0.15) is 0 Å². The minimum atomic E-state index is -3.70. The van der Waals surface area contributed by atoms with Crippen LogP contribution < -0.4 is 15.2 Å². The lowest BCUT2D eigenvalue weighted by Gasteiger charge is -2.09. The Kier molecular flexibility index (Phi) is 6.48. The molecule has 26 heavy (non-hydrogen) atoms. The third-order valence-electron chi connectivity index (χ3n) is 3.23.